The number of ether oxygens (including phenoxy) is 1. The molecule has 1 aliphatic rings. The van der Waals surface area contributed by atoms with Crippen molar-refractivity contribution in [3.05, 3.63) is 12.0 Å². The maximum absolute atomic E-state index is 11.7. The molecule has 7 heteroatoms. The van der Waals surface area contributed by atoms with Crippen molar-refractivity contribution in [2.45, 2.75) is 6.42 Å². The average molecular weight is 256 g/mol. The maximum Gasteiger partial charge on any atom is 0.375 e. The van der Waals surface area contributed by atoms with E-state index in [1.54, 1.807) is 0 Å². The Hall–Kier alpha value is -1.50. The molecule has 2 rings (SSSR count). The molecule has 0 spiro atoms. The predicted octanol–water partition coefficient (Wildman–Crippen LogP) is 0.744. The molecule has 0 bridgehead atoms. The minimum Gasteiger partial charge on any atom is -0.463 e. The van der Waals surface area contributed by atoms with Crippen LogP contribution in [0.25, 0.3) is 0 Å². The van der Waals surface area contributed by atoms with E-state index >= 15 is 0 Å². The highest BCUT2D eigenvalue weighted by molar-refractivity contribution is 7.80. The number of methoxy groups -OCH3 is 1. The predicted molar refractivity (Wildman–Crippen MR) is 62.2 cm³/mol. The third-order valence-corrected chi connectivity index (χ3v) is 3.09. The largest absolute Gasteiger partial charge is 0.463 e. The van der Waals surface area contributed by atoms with Gasteiger partial charge in [-0.1, -0.05) is 0 Å². The highest BCUT2D eigenvalue weighted by Crippen LogP contribution is 2.25. The van der Waals surface area contributed by atoms with Gasteiger partial charge < -0.3 is 9.15 Å². The fourth-order valence-electron chi connectivity index (χ4n) is 1.67. The first-order valence-corrected chi connectivity index (χ1v) is 5.74. The topological polar surface area (TPSA) is 72.6 Å². The molecule has 0 aliphatic carbocycles. The molecule has 1 aliphatic heterocycles. The van der Waals surface area contributed by atoms with Crippen LogP contribution in [0.1, 0.15) is 17.0 Å². The van der Waals surface area contributed by atoms with Gasteiger partial charge in [-0.3, -0.25) is 9.69 Å². The summed E-state index contributed by atoms with van der Waals surface area (Å²) in [5.41, 5.74) is 0. The zero-order valence-electron chi connectivity index (χ0n) is 9.25. The second-order valence-electron chi connectivity index (χ2n) is 3.76. The van der Waals surface area contributed by atoms with Crippen LogP contribution in [-0.2, 0) is 9.53 Å². The van der Waals surface area contributed by atoms with Crippen molar-refractivity contribution in [3.63, 3.8) is 0 Å². The van der Waals surface area contributed by atoms with Gasteiger partial charge in [-0.05, 0) is 11.7 Å². The number of rotatable bonds is 3. The van der Waals surface area contributed by atoms with E-state index in [1.807, 2.05) is 0 Å². The summed E-state index contributed by atoms with van der Waals surface area (Å²) >= 11 is 4.16. The number of carbonyl (C=O) groups is 2. The minimum absolute atomic E-state index is 0.00961. The molecular formula is C10H12N2O4S. The van der Waals surface area contributed by atoms with Gasteiger partial charge in [0, 0.05) is 13.0 Å². The Morgan fingerprint density at radius 1 is 1.76 bits per heavy atom. The molecule has 1 aromatic heterocycles. The van der Waals surface area contributed by atoms with Crippen LogP contribution in [-0.4, -0.2) is 36.3 Å². The fraction of sp³-hybridized carbons (Fsp3) is 0.500. The molecular weight excluding hydrogens is 244 g/mol. The van der Waals surface area contributed by atoms with Crippen molar-refractivity contribution < 1.29 is 18.7 Å². The Morgan fingerprint density at radius 3 is 3.12 bits per heavy atom. The number of carbonyl (C=O) groups excluding carboxylic acids is 2. The molecule has 1 unspecified atom stereocenters. The Morgan fingerprint density at radius 2 is 2.53 bits per heavy atom. The number of esters is 1. The van der Waals surface area contributed by atoms with Gasteiger partial charge in [-0.25, -0.2) is 9.78 Å². The third-order valence-electron chi connectivity index (χ3n) is 2.57. The van der Waals surface area contributed by atoms with E-state index < -0.39 is 5.97 Å². The van der Waals surface area contributed by atoms with Crippen LogP contribution in [0, 0.1) is 5.92 Å². The van der Waals surface area contributed by atoms with Crippen molar-refractivity contribution in [3.8, 4) is 0 Å². The summed E-state index contributed by atoms with van der Waals surface area (Å²) in [6, 6.07) is 0.139. The monoisotopic (exact) mass is 256 g/mol. The van der Waals surface area contributed by atoms with Gasteiger partial charge in [0.15, 0.2) is 0 Å². The summed E-state index contributed by atoms with van der Waals surface area (Å²) in [6.07, 6.45) is 1.68. The van der Waals surface area contributed by atoms with E-state index in [2.05, 4.69) is 22.3 Å². The Bertz CT molecular complexity index is 445. The molecule has 1 fully saturated rings. The first-order chi connectivity index (χ1) is 8.15. The maximum atomic E-state index is 11.7. The summed E-state index contributed by atoms with van der Waals surface area (Å²) in [5, 5.41) is 0. The van der Waals surface area contributed by atoms with E-state index in [9.17, 15) is 9.59 Å². The Labute approximate surface area is 103 Å². The number of oxazole rings is 1. The quantitative estimate of drug-likeness (QED) is 0.638. The zero-order chi connectivity index (χ0) is 12.4. The number of aromatic nitrogens is 1. The molecule has 6 nitrogen and oxygen atoms in total. The van der Waals surface area contributed by atoms with Crippen molar-refractivity contribution >= 4 is 30.5 Å². The number of nitrogens with zero attached hydrogens (tertiary/aromatic N) is 2. The molecule has 0 radical (unpaired) electrons. The lowest BCUT2D eigenvalue weighted by Gasteiger charge is -2.10. The van der Waals surface area contributed by atoms with E-state index in [4.69, 9.17) is 4.42 Å². The van der Waals surface area contributed by atoms with Crippen LogP contribution in [0.4, 0.5) is 6.01 Å². The number of amides is 1. The summed E-state index contributed by atoms with van der Waals surface area (Å²) in [6.45, 7) is 0.517. The number of hydrogen-bond acceptors (Lipinski definition) is 6. The standard InChI is InChI=1S/C10H12N2O4S/c1-15-9(14)7-3-11-10(16-7)12-4-6(5-17)2-8(12)13/h3,6,17H,2,4-5H2,1H3. The number of thiol groups is 1. The van der Waals surface area contributed by atoms with E-state index in [0.717, 1.165) is 0 Å². The van der Waals surface area contributed by atoms with Crippen LogP contribution >= 0.6 is 12.6 Å². The minimum atomic E-state index is -0.610. The van der Waals surface area contributed by atoms with Gasteiger partial charge in [0.2, 0.25) is 11.7 Å². The lowest BCUT2D eigenvalue weighted by molar-refractivity contribution is -0.117. The molecule has 0 aromatic carbocycles. The zero-order valence-corrected chi connectivity index (χ0v) is 10.1. The molecule has 1 atom stereocenters. The van der Waals surface area contributed by atoms with E-state index in [1.165, 1.54) is 18.2 Å². The molecule has 1 amide bonds. The molecule has 2 heterocycles. The van der Waals surface area contributed by atoms with Gasteiger partial charge in [0.05, 0.1) is 13.3 Å². The Kier molecular flexibility index (Phi) is 3.37. The van der Waals surface area contributed by atoms with Crippen molar-refractivity contribution in [2.75, 3.05) is 24.3 Å². The SMILES string of the molecule is COC(=O)c1cnc(N2CC(CS)CC2=O)o1. The van der Waals surface area contributed by atoms with Gasteiger partial charge in [-0.15, -0.1) is 0 Å². The normalized spacial score (nSPS) is 19.8. The lowest BCUT2D eigenvalue weighted by atomic mass is 10.1. The van der Waals surface area contributed by atoms with Crippen molar-refractivity contribution in [1.29, 1.82) is 0 Å². The first-order valence-electron chi connectivity index (χ1n) is 5.11. The number of hydrogen-bond donors (Lipinski definition) is 1. The second-order valence-corrected chi connectivity index (χ2v) is 4.12. The highest BCUT2D eigenvalue weighted by atomic mass is 32.1. The first kappa shape index (κ1) is 12.0. The molecule has 17 heavy (non-hydrogen) atoms. The van der Waals surface area contributed by atoms with Crippen molar-refractivity contribution in [1.82, 2.24) is 4.98 Å². The fourth-order valence-corrected chi connectivity index (χ4v) is 1.92. The Balaban J connectivity index is 2.15. The number of anilines is 1. The summed E-state index contributed by atoms with van der Waals surface area (Å²) in [4.78, 5) is 28.2. The van der Waals surface area contributed by atoms with Gasteiger partial charge in [0.25, 0.3) is 0 Å². The van der Waals surface area contributed by atoms with E-state index in [0.29, 0.717) is 18.7 Å². The highest BCUT2D eigenvalue weighted by Gasteiger charge is 2.33. The van der Waals surface area contributed by atoms with Gasteiger partial charge in [0.1, 0.15) is 0 Å². The van der Waals surface area contributed by atoms with Crippen LogP contribution in [0.2, 0.25) is 0 Å². The van der Waals surface area contributed by atoms with Crippen molar-refractivity contribution in [2.24, 2.45) is 5.92 Å². The summed E-state index contributed by atoms with van der Waals surface area (Å²) in [7, 11) is 1.25. The smallest absolute Gasteiger partial charge is 0.375 e. The van der Waals surface area contributed by atoms with Gasteiger partial charge >= 0.3 is 12.0 Å². The van der Waals surface area contributed by atoms with Gasteiger partial charge in [-0.2, -0.15) is 12.6 Å². The molecule has 1 saturated heterocycles. The van der Waals surface area contributed by atoms with Crippen LogP contribution in [0.15, 0.2) is 10.6 Å². The lowest BCUT2D eigenvalue weighted by Crippen LogP contribution is -2.24. The molecule has 0 N–H and O–H groups in total. The summed E-state index contributed by atoms with van der Waals surface area (Å²) in [5.74, 6) is 0.139. The molecule has 0 saturated carbocycles. The summed E-state index contributed by atoms with van der Waals surface area (Å²) < 4.78 is 9.67. The molecule has 1 aromatic rings. The third kappa shape index (κ3) is 2.28. The molecule has 92 valence electrons. The average Bonchev–Trinajstić information content (AvgIpc) is 2.94. The van der Waals surface area contributed by atoms with Crippen LogP contribution in [0.5, 0.6) is 0 Å². The van der Waals surface area contributed by atoms with Crippen LogP contribution in [0.3, 0.4) is 0 Å². The van der Waals surface area contributed by atoms with Crippen LogP contribution < -0.4 is 4.90 Å². The second kappa shape index (κ2) is 4.79. The van der Waals surface area contributed by atoms with E-state index in [-0.39, 0.29) is 23.6 Å².